The summed E-state index contributed by atoms with van der Waals surface area (Å²) in [5.41, 5.74) is 2.91. The molecule has 2 heterocycles. The number of piperidine rings is 1. The normalized spacial score (nSPS) is 15.4. The van der Waals surface area contributed by atoms with Crippen molar-refractivity contribution in [3.8, 4) is 0 Å². The Hall–Kier alpha value is -2.86. The van der Waals surface area contributed by atoms with Gasteiger partial charge in [-0.15, -0.1) is 0 Å². The van der Waals surface area contributed by atoms with Crippen LogP contribution in [0.2, 0.25) is 5.02 Å². The highest BCUT2D eigenvalue weighted by atomic mass is 35.5. The summed E-state index contributed by atoms with van der Waals surface area (Å²) in [6, 6.07) is 15.4. The molecule has 3 aromatic rings. The van der Waals surface area contributed by atoms with E-state index in [1.165, 1.54) is 0 Å². The maximum atomic E-state index is 13.8. The first kappa shape index (κ1) is 24.3. The number of hydrogen-bond acceptors (Lipinski definition) is 4. The van der Waals surface area contributed by atoms with E-state index in [4.69, 9.17) is 21.3 Å². The molecule has 0 N–H and O–H groups in total. The molecule has 1 aromatic heterocycles. The van der Waals surface area contributed by atoms with Crippen molar-refractivity contribution in [2.45, 2.75) is 52.0 Å². The van der Waals surface area contributed by atoms with Crippen LogP contribution in [-0.2, 0) is 20.7 Å². The van der Waals surface area contributed by atoms with E-state index in [1.807, 2.05) is 60.4 Å². The number of fused-ring (bicyclic) bond motifs is 1. The third-order valence-corrected chi connectivity index (χ3v) is 6.74. The number of likely N-dealkylation sites (tertiary alicyclic amines) is 1. The number of amides is 1. The van der Waals surface area contributed by atoms with Crippen molar-refractivity contribution in [3.63, 3.8) is 0 Å². The highest BCUT2D eigenvalue weighted by Gasteiger charge is 2.33. The molecule has 1 saturated heterocycles. The van der Waals surface area contributed by atoms with Crippen LogP contribution >= 0.6 is 11.6 Å². The van der Waals surface area contributed by atoms with Gasteiger partial charge < -0.3 is 14.2 Å². The molecule has 1 aliphatic heterocycles. The van der Waals surface area contributed by atoms with Crippen molar-refractivity contribution in [1.29, 1.82) is 0 Å². The minimum absolute atomic E-state index is 0.0969. The van der Waals surface area contributed by atoms with Crippen molar-refractivity contribution in [3.05, 3.63) is 64.9 Å². The minimum atomic E-state index is -0.342. The van der Waals surface area contributed by atoms with Gasteiger partial charge in [0.1, 0.15) is 11.9 Å². The lowest BCUT2D eigenvalue weighted by atomic mass is 9.96. The van der Waals surface area contributed by atoms with Crippen molar-refractivity contribution >= 4 is 34.5 Å². The van der Waals surface area contributed by atoms with Gasteiger partial charge in [-0.25, -0.2) is 4.98 Å². The molecule has 180 valence electrons. The van der Waals surface area contributed by atoms with E-state index in [0.717, 1.165) is 35.3 Å². The quantitative estimate of drug-likeness (QED) is 0.403. The summed E-state index contributed by atoms with van der Waals surface area (Å²) in [6.07, 6.45) is 3.47. The first-order valence-electron chi connectivity index (χ1n) is 12.2. The van der Waals surface area contributed by atoms with Crippen molar-refractivity contribution in [2.24, 2.45) is 5.92 Å². The predicted molar refractivity (Wildman–Crippen MR) is 134 cm³/mol. The highest BCUT2D eigenvalue weighted by molar-refractivity contribution is 6.30. The summed E-state index contributed by atoms with van der Waals surface area (Å²) >= 11 is 6.23. The predicted octanol–water partition coefficient (Wildman–Crippen LogP) is 5.42. The van der Waals surface area contributed by atoms with Crippen LogP contribution in [0.3, 0.4) is 0 Å². The Bertz CT molecular complexity index is 1150. The van der Waals surface area contributed by atoms with Gasteiger partial charge in [0.15, 0.2) is 0 Å². The zero-order valence-electron chi connectivity index (χ0n) is 19.9. The van der Waals surface area contributed by atoms with Gasteiger partial charge in [0.05, 0.1) is 23.6 Å². The number of benzene rings is 2. The number of nitrogens with zero attached hydrogens (tertiary/aromatic N) is 3. The van der Waals surface area contributed by atoms with Crippen LogP contribution in [0.5, 0.6) is 0 Å². The average molecular weight is 482 g/mol. The molecule has 2 aromatic carbocycles. The van der Waals surface area contributed by atoms with Gasteiger partial charge >= 0.3 is 5.97 Å². The van der Waals surface area contributed by atoms with E-state index in [1.54, 1.807) is 0 Å². The molecule has 1 fully saturated rings. The highest BCUT2D eigenvalue weighted by Crippen LogP contribution is 2.29. The van der Waals surface area contributed by atoms with Gasteiger partial charge in [0.2, 0.25) is 5.91 Å². The maximum Gasteiger partial charge on any atom is 0.309 e. The van der Waals surface area contributed by atoms with Crippen molar-refractivity contribution in [2.75, 3.05) is 19.7 Å². The van der Waals surface area contributed by atoms with E-state index in [2.05, 4.69) is 11.5 Å². The number of para-hydroxylation sites is 2. The SMILES string of the molecule is CCCC(C(=O)N1CCC(C(=O)OCC)CC1)n1c(Cc2cccc(Cl)c2)nc2ccccc21. The lowest BCUT2D eigenvalue weighted by molar-refractivity contribution is -0.151. The number of aromatic nitrogens is 2. The molecule has 6 nitrogen and oxygen atoms in total. The fraction of sp³-hybridized carbons (Fsp3) is 0.444. The summed E-state index contributed by atoms with van der Waals surface area (Å²) in [4.78, 5) is 32.8. The molecule has 1 aliphatic rings. The molecule has 0 radical (unpaired) electrons. The van der Waals surface area contributed by atoms with Crippen LogP contribution in [-0.4, -0.2) is 46.0 Å². The van der Waals surface area contributed by atoms with Crippen LogP contribution in [0.4, 0.5) is 0 Å². The average Bonchev–Trinajstić information content (AvgIpc) is 3.20. The van der Waals surface area contributed by atoms with Crippen LogP contribution in [0.15, 0.2) is 48.5 Å². The molecule has 0 aliphatic carbocycles. The molecule has 1 atom stereocenters. The monoisotopic (exact) mass is 481 g/mol. The van der Waals surface area contributed by atoms with Crippen molar-refractivity contribution < 1.29 is 14.3 Å². The van der Waals surface area contributed by atoms with E-state index >= 15 is 0 Å². The maximum absolute atomic E-state index is 13.8. The number of carbonyl (C=O) groups is 2. The summed E-state index contributed by atoms with van der Waals surface area (Å²) in [7, 11) is 0. The van der Waals surface area contributed by atoms with Crippen LogP contribution in [0.1, 0.15) is 57.0 Å². The topological polar surface area (TPSA) is 64.4 Å². The summed E-state index contributed by atoms with van der Waals surface area (Å²) < 4.78 is 7.31. The number of esters is 1. The van der Waals surface area contributed by atoms with Gasteiger partial charge in [-0.2, -0.15) is 0 Å². The molecule has 34 heavy (non-hydrogen) atoms. The van der Waals surface area contributed by atoms with E-state index in [-0.39, 0.29) is 23.8 Å². The Balaban J connectivity index is 1.63. The van der Waals surface area contributed by atoms with E-state index in [0.29, 0.717) is 44.0 Å². The molecule has 0 bridgehead atoms. The number of rotatable bonds is 8. The van der Waals surface area contributed by atoms with Gasteiger partial charge in [0, 0.05) is 24.5 Å². The number of halogens is 1. The Labute approximate surface area is 205 Å². The molecular weight excluding hydrogens is 450 g/mol. The van der Waals surface area contributed by atoms with Crippen molar-refractivity contribution in [1.82, 2.24) is 14.5 Å². The van der Waals surface area contributed by atoms with Crippen LogP contribution in [0, 0.1) is 5.92 Å². The zero-order chi connectivity index (χ0) is 24.1. The first-order valence-corrected chi connectivity index (χ1v) is 12.5. The Morgan fingerprint density at radius 2 is 1.88 bits per heavy atom. The molecule has 0 saturated carbocycles. The Morgan fingerprint density at radius 3 is 2.59 bits per heavy atom. The fourth-order valence-electron chi connectivity index (χ4n) is 4.84. The van der Waals surface area contributed by atoms with Crippen LogP contribution in [0.25, 0.3) is 11.0 Å². The molecule has 0 spiro atoms. The first-order chi connectivity index (χ1) is 16.5. The second-order valence-electron chi connectivity index (χ2n) is 8.85. The molecular formula is C27H32ClN3O3. The third-order valence-electron chi connectivity index (χ3n) is 6.51. The lowest BCUT2D eigenvalue weighted by Crippen LogP contribution is -2.44. The third kappa shape index (κ3) is 5.27. The minimum Gasteiger partial charge on any atom is -0.466 e. The van der Waals surface area contributed by atoms with Crippen LogP contribution < -0.4 is 0 Å². The standard InChI is InChI=1S/C27H32ClN3O3/c1-3-8-24(26(32)30-15-13-20(14-16-30)27(33)34-4-2)31-23-12-6-5-11-22(23)29-25(31)18-19-9-7-10-21(28)17-19/h5-7,9-12,17,20,24H,3-4,8,13-16,18H2,1-2H3. The number of hydrogen-bond donors (Lipinski definition) is 0. The summed E-state index contributed by atoms with van der Waals surface area (Å²) in [5, 5.41) is 0.686. The van der Waals surface area contributed by atoms with Gasteiger partial charge in [0.25, 0.3) is 0 Å². The molecule has 1 amide bonds. The second-order valence-corrected chi connectivity index (χ2v) is 9.29. The molecule has 4 rings (SSSR count). The fourth-order valence-corrected chi connectivity index (χ4v) is 5.05. The largest absolute Gasteiger partial charge is 0.466 e. The van der Waals surface area contributed by atoms with Gasteiger partial charge in [-0.05, 0) is 56.0 Å². The summed E-state index contributed by atoms with van der Waals surface area (Å²) in [5.74, 6) is 0.682. The Morgan fingerprint density at radius 1 is 1.12 bits per heavy atom. The molecule has 7 heteroatoms. The summed E-state index contributed by atoms with van der Waals surface area (Å²) in [6.45, 7) is 5.45. The van der Waals surface area contributed by atoms with Gasteiger partial charge in [-0.1, -0.05) is 49.2 Å². The Kier molecular flexibility index (Phi) is 7.88. The number of imidazole rings is 1. The molecule has 1 unspecified atom stereocenters. The second kappa shape index (κ2) is 11.0. The van der Waals surface area contributed by atoms with E-state index < -0.39 is 0 Å². The van der Waals surface area contributed by atoms with E-state index in [9.17, 15) is 9.59 Å². The smallest absolute Gasteiger partial charge is 0.309 e. The zero-order valence-corrected chi connectivity index (χ0v) is 20.6. The number of carbonyl (C=O) groups excluding carboxylic acids is 2. The number of ether oxygens (including phenoxy) is 1. The van der Waals surface area contributed by atoms with Gasteiger partial charge in [-0.3, -0.25) is 9.59 Å². The lowest BCUT2D eigenvalue weighted by Gasteiger charge is -2.34.